The average molecular weight is 534 g/mol. The first-order valence-electron chi connectivity index (χ1n) is 11.4. The van der Waals surface area contributed by atoms with Crippen LogP contribution in [-0.4, -0.2) is 62.0 Å². The number of aliphatic hydroxyl groups excluding tert-OH is 1. The minimum atomic E-state index is -1.15. The van der Waals surface area contributed by atoms with Gasteiger partial charge in [-0.05, 0) is 49.2 Å². The minimum absolute atomic E-state index is 0.0868. The molecule has 184 valence electrons. The molecule has 0 fully saturated rings. The molecular weight excluding hydrogens is 502 g/mol. The number of aliphatic imine (C=N–C) groups is 1. The Labute approximate surface area is 208 Å². The van der Waals surface area contributed by atoms with E-state index in [4.69, 9.17) is 24.3 Å². The van der Waals surface area contributed by atoms with Crippen LogP contribution in [0.1, 0.15) is 30.9 Å². The van der Waals surface area contributed by atoms with Crippen molar-refractivity contribution in [1.82, 2.24) is 10.9 Å². The molecule has 2 aromatic rings. The Morgan fingerprint density at radius 2 is 1.94 bits per heavy atom. The van der Waals surface area contributed by atoms with Crippen molar-refractivity contribution in [3.05, 3.63) is 64.1 Å². The molecular formula is C25H32BrN3O5. The van der Waals surface area contributed by atoms with Gasteiger partial charge in [0.05, 0.1) is 6.61 Å². The van der Waals surface area contributed by atoms with E-state index in [0.29, 0.717) is 44.2 Å². The number of hydrogen-bond donors (Lipinski definition) is 3. The predicted octanol–water partition coefficient (Wildman–Crippen LogP) is 3.01. The molecule has 2 aromatic carbocycles. The number of carbonyl (C=O) groups is 1. The zero-order valence-electron chi connectivity index (χ0n) is 19.6. The highest BCUT2D eigenvalue weighted by Crippen LogP contribution is 2.34. The van der Waals surface area contributed by atoms with Crippen molar-refractivity contribution in [1.29, 1.82) is 0 Å². The Bertz CT molecular complexity index is 969. The summed E-state index contributed by atoms with van der Waals surface area (Å²) >= 11 is 3.59. The molecule has 34 heavy (non-hydrogen) atoms. The maximum Gasteiger partial charge on any atom is 0.266 e. The van der Waals surface area contributed by atoms with Crippen LogP contribution in [0.2, 0.25) is 0 Å². The van der Waals surface area contributed by atoms with Crippen LogP contribution in [0.3, 0.4) is 0 Å². The summed E-state index contributed by atoms with van der Waals surface area (Å²) in [6.45, 7) is 3.57. The van der Waals surface area contributed by atoms with E-state index in [1.54, 1.807) is 7.11 Å². The van der Waals surface area contributed by atoms with Crippen LogP contribution in [0.25, 0.3) is 0 Å². The second kappa shape index (κ2) is 12.9. The van der Waals surface area contributed by atoms with E-state index in [1.807, 2.05) is 55.5 Å². The quantitative estimate of drug-likeness (QED) is 0.270. The highest BCUT2D eigenvalue weighted by atomic mass is 79.9. The fraction of sp³-hybridized carbons (Fsp3) is 0.440. The van der Waals surface area contributed by atoms with Gasteiger partial charge in [-0.15, -0.1) is 0 Å². The highest BCUT2D eigenvalue weighted by molar-refractivity contribution is 9.10. The van der Waals surface area contributed by atoms with Gasteiger partial charge in [0.1, 0.15) is 11.9 Å². The zero-order valence-corrected chi connectivity index (χ0v) is 21.1. The molecule has 0 aliphatic carbocycles. The first kappa shape index (κ1) is 26.2. The molecule has 0 unspecified atom stereocenters. The van der Waals surface area contributed by atoms with E-state index in [-0.39, 0.29) is 12.5 Å². The third-order valence-corrected chi connectivity index (χ3v) is 6.37. The number of amides is 1. The van der Waals surface area contributed by atoms with Gasteiger partial charge in [0.25, 0.3) is 5.91 Å². The standard InChI is InChI=1S/C25H32BrN3O5/c1-18-25(17-20-7-3-4-8-22(20)26,24(31)29-27-13-5-15-32-2)28-23(34-18)19-9-11-21(12-10-19)33-16-6-14-30/h3-4,7-12,18,27,30H,5-6,13-17H2,1-2H3,(H,29,31)/t18-,25-/m0/s1. The summed E-state index contributed by atoms with van der Waals surface area (Å²) in [5, 5.41) is 8.91. The van der Waals surface area contributed by atoms with Crippen molar-refractivity contribution in [2.75, 3.05) is 33.5 Å². The lowest BCUT2D eigenvalue weighted by atomic mass is 9.86. The zero-order chi connectivity index (χ0) is 24.4. The second-order valence-corrected chi connectivity index (χ2v) is 8.90. The number of benzene rings is 2. The molecule has 1 aliphatic rings. The number of carbonyl (C=O) groups excluding carboxylic acids is 1. The Kier molecular flexibility index (Phi) is 9.88. The monoisotopic (exact) mass is 533 g/mol. The molecule has 3 N–H and O–H groups in total. The summed E-state index contributed by atoms with van der Waals surface area (Å²) in [7, 11) is 1.65. The topological polar surface area (TPSA) is 101 Å². The number of hydrazine groups is 1. The van der Waals surface area contributed by atoms with Gasteiger partial charge >= 0.3 is 0 Å². The molecule has 0 saturated carbocycles. The molecule has 9 heteroatoms. The van der Waals surface area contributed by atoms with Gasteiger partial charge in [-0.2, -0.15) is 0 Å². The van der Waals surface area contributed by atoms with Gasteiger partial charge in [0.2, 0.25) is 5.90 Å². The molecule has 0 bridgehead atoms. The van der Waals surface area contributed by atoms with E-state index in [1.165, 1.54) is 0 Å². The third kappa shape index (κ3) is 6.56. The predicted molar refractivity (Wildman–Crippen MR) is 134 cm³/mol. The number of rotatable bonds is 13. The van der Waals surface area contributed by atoms with E-state index < -0.39 is 11.6 Å². The van der Waals surface area contributed by atoms with Crippen molar-refractivity contribution in [2.24, 2.45) is 4.99 Å². The van der Waals surface area contributed by atoms with Crippen LogP contribution in [0, 0.1) is 0 Å². The molecule has 0 radical (unpaired) electrons. The largest absolute Gasteiger partial charge is 0.494 e. The van der Waals surface area contributed by atoms with Crippen molar-refractivity contribution in [3.8, 4) is 5.75 Å². The Morgan fingerprint density at radius 3 is 2.65 bits per heavy atom. The van der Waals surface area contributed by atoms with Gasteiger partial charge < -0.3 is 19.3 Å². The Morgan fingerprint density at radius 1 is 1.18 bits per heavy atom. The SMILES string of the molecule is COCCCNNC(=O)[C@@]1(Cc2ccccc2Br)N=C(c2ccc(OCCCO)cc2)O[C@H]1C. The van der Waals surface area contributed by atoms with Crippen LogP contribution in [-0.2, 0) is 20.7 Å². The maximum atomic E-state index is 13.5. The van der Waals surface area contributed by atoms with Gasteiger partial charge in [0, 0.05) is 49.7 Å². The van der Waals surface area contributed by atoms with Crippen LogP contribution >= 0.6 is 15.9 Å². The molecule has 0 spiro atoms. The fourth-order valence-corrected chi connectivity index (χ4v) is 4.06. The summed E-state index contributed by atoms with van der Waals surface area (Å²) in [6.07, 6.45) is 1.21. The van der Waals surface area contributed by atoms with Crippen LogP contribution in [0.15, 0.2) is 58.0 Å². The number of halogens is 1. The molecule has 1 heterocycles. The first-order chi connectivity index (χ1) is 16.5. The Hall–Kier alpha value is -2.46. The summed E-state index contributed by atoms with van der Waals surface area (Å²) in [5.74, 6) is 0.851. The molecule has 2 atom stereocenters. The minimum Gasteiger partial charge on any atom is -0.494 e. The number of aliphatic hydroxyl groups is 1. The average Bonchev–Trinajstić information content (AvgIpc) is 3.18. The molecule has 1 amide bonds. The van der Waals surface area contributed by atoms with E-state index in [0.717, 1.165) is 22.0 Å². The number of ether oxygens (including phenoxy) is 3. The maximum absolute atomic E-state index is 13.5. The molecule has 1 aliphatic heterocycles. The summed E-state index contributed by atoms with van der Waals surface area (Å²) in [6, 6.07) is 15.2. The summed E-state index contributed by atoms with van der Waals surface area (Å²) < 4.78 is 17.7. The normalized spacial score (nSPS) is 19.4. The molecule has 8 nitrogen and oxygen atoms in total. The number of nitrogens with one attached hydrogen (secondary N) is 2. The van der Waals surface area contributed by atoms with Crippen LogP contribution in [0.4, 0.5) is 0 Å². The van der Waals surface area contributed by atoms with Crippen molar-refractivity contribution < 1.29 is 24.1 Å². The summed E-state index contributed by atoms with van der Waals surface area (Å²) in [4.78, 5) is 18.3. The van der Waals surface area contributed by atoms with E-state index in [9.17, 15) is 4.79 Å². The van der Waals surface area contributed by atoms with Crippen LogP contribution in [0.5, 0.6) is 5.75 Å². The van der Waals surface area contributed by atoms with Crippen LogP contribution < -0.4 is 15.6 Å². The van der Waals surface area contributed by atoms with Gasteiger partial charge in [-0.1, -0.05) is 34.1 Å². The molecule has 3 rings (SSSR count). The smallest absolute Gasteiger partial charge is 0.266 e. The van der Waals surface area contributed by atoms with Gasteiger partial charge in [-0.25, -0.2) is 10.4 Å². The van der Waals surface area contributed by atoms with Gasteiger partial charge in [-0.3, -0.25) is 10.2 Å². The lowest BCUT2D eigenvalue weighted by molar-refractivity contribution is -0.129. The number of methoxy groups -OCH3 is 1. The van der Waals surface area contributed by atoms with Crippen molar-refractivity contribution >= 4 is 27.7 Å². The van der Waals surface area contributed by atoms with E-state index in [2.05, 4.69) is 26.8 Å². The number of nitrogens with zero attached hydrogens (tertiary/aromatic N) is 1. The second-order valence-electron chi connectivity index (χ2n) is 8.05. The lowest BCUT2D eigenvalue weighted by Crippen LogP contribution is -2.56. The lowest BCUT2D eigenvalue weighted by Gasteiger charge is -2.28. The van der Waals surface area contributed by atoms with Gasteiger partial charge in [0.15, 0.2) is 5.54 Å². The molecule has 0 saturated heterocycles. The fourth-order valence-electron chi connectivity index (χ4n) is 3.63. The Balaban J connectivity index is 1.83. The summed E-state index contributed by atoms with van der Waals surface area (Å²) in [5.41, 5.74) is 6.37. The van der Waals surface area contributed by atoms with E-state index >= 15 is 0 Å². The number of hydrogen-bond acceptors (Lipinski definition) is 7. The highest BCUT2D eigenvalue weighted by Gasteiger charge is 2.50. The third-order valence-electron chi connectivity index (χ3n) is 5.60. The van der Waals surface area contributed by atoms with Crippen molar-refractivity contribution in [3.63, 3.8) is 0 Å². The molecule has 0 aromatic heterocycles. The first-order valence-corrected chi connectivity index (χ1v) is 12.2. The van der Waals surface area contributed by atoms with Crippen molar-refractivity contribution in [2.45, 2.75) is 37.8 Å².